The van der Waals surface area contributed by atoms with Gasteiger partial charge in [0.25, 0.3) is 11.8 Å². The topological polar surface area (TPSA) is 108 Å². The van der Waals surface area contributed by atoms with Crippen molar-refractivity contribution < 1.29 is 9.59 Å². The predicted octanol–water partition coefficient (Wildman–Crippen LogP) is 3.60. The Kier molecular flexibility index (Phi) is 6.51. The average Bonchev–Trinajstić information content (AvgIpc) is 3.46. The lowest BCUT2D eigenvalue weighted by atomic mass is 9.85. The third kappa shape index (κ3) is 4.62. The van der Waals surface area contributed by atoms with Crippen molar-refractivity contribution in [1.82, 2.24) is 34.6 Å². The fourth-order valence-corrected chi connectivity index (χ4v) is 6.33. The van der Waals surface area contributed by atoms with Crippen LogP contribution in [0.3, 0.4) is 0 Å². The van der Waals surface area contributed by atoms with Gasteiger partial charge in [0.15, 0.2) is 0 Å². The van der Waals surface area contributed by atoms with E-state index in [2.05, 4.69) is 32.1 Å². The van der Waals surface area contributed by atoms with E-state index in [9.17, 15) is 9.59 Å². The maximum absolute atomic E-state index is 13.1. The maximum Gasteiger partial charge on any atom is 0.270 e. The number of rotatable bonds is 5. The molecule has 1 aliphatic carbocycles. The van der Waals surface area contributed by atoms with Crippen LogP contribution >= 0.6 is 0 Å². The quantitative estimate of drug-likeness (QED) is 0.533. The molecule has 3 aromatic rings. The van der Waals surface area contributed by atoms with Crippen LogP contribution in [0.5, 0.6) is 0 Å². The summed E-state index contributed by atoms with van der Waals surface area (Å²) >= 11 is 0. The number of carbonyl (C=O) groups excluding carboxylic acids is 2. The standard InChI is InChI=1S/C28H36N8O2/c1-17-6-4-5-7-22(17)36-23(27(38)34(2)3)12-19-14-30-28(33-25(19)36)32-24-11-8-18(13-29-24)26(37)35-15-20-9-10-21(16-35)31-20/h8,11-14,17,20-22,31H,4-7,9-10,15-16H2,1-3H3,(H,29,30,32,33)/t17-,20?,21?,22+/m1/s1. The average molecular weight is 517 g/mol. The normalized spacial score (nSPS) is 25.0. The van der Waals surface area contributed by atoms with Crippen LogP contribution in [0.1, 0.15) is 72.3 Å². The number of nitrogens with one attached hydrogen (secondary N) is 2. The van der Waals surface area contributed by atoms with Gasteiger partial charge in [-0.2, -0.15) is 4.98 Å². The minimum atomic E-state index is -0.0327. The molecule has 2 saturated heterocycles. The molecule has 3 aromatic heterocycles. The molecule has 10 heteroatoms. The van der Waals surface area contributed by atoms with Crippen molar-refractivity contribution in [2.24, 2.45) is 5.92 Å². The van der Waals surface area contributed by atoms with Crippen molar-refractivity contribution in [3.8, 4) is 0 Å². The molecule has 3 fully saturated rings. The van der Waals surface area contributed by atoms with Crippen LogP contribution in [-0.2, 0) is 0 Å². The van der Waals surface area contributed by atoms with Gasteiger partial charge in [0.2, 0.25) is 5.95 Å². The van der Waals surface area contributed by atoms with Crippen LogP contribution < -0.4 is 10.6 Å². The molecule has 0 aromatic carbocycles. The monoisotopic (exact) mass is 516 g/mol. The van der Waals surface area contributed by atoms with E-state index in [1.807, 2.05) is 11.0 Å². The predicted molar refractivity (Wildman–Crippen MR) is 146 cm³/mol. The van der Waals surface area contributed by atoms with Gasteiger partial charge < -0.3 is 25.0 Å². The van der Waals surface area contributed by atoms with E-state index in [1.54, 1.807) is 43.5 Å². The molecule has 3 aliphatic rings. The molecule has 2 aliphatic heterocycles. The Morgan fingerprint density at radius 2 is 1.79 bits per heavy atom. The van der Waals surface area contributed by atoms with Crippen molar-refractivity contribution in [2.45, 2.75) is 63.6 Å². The smallest absolute Gasteiger partial charge is 0.270 e. The van der Waals surface area contributed by atoms with E-state index in [1.165, 1.54) is 6.42 Å². The fraction of sp³-hybridized carbons (Fsp3) is 0.536. The van der Waals surface area contributed by atoms with Crippen LogP contribution in [-0.4, -0.2) is 80.4 Å². The molecule has 10 nitrogen and oxygen atoms in total. The second-order valence-electron chi connectivity index (χ2n) is 11.3. The molecule has 2 amide bonds. The van der Waals surface area contributed by atoms with E-state index in [4.69, 9.17) is 4.98 Å². The highest BCUT2D eigenvalue weighted by molar-refractivity contribution is 5.98. The molecule has 4 atom stereocenters. The Labute approximate surface area is 222 Å². The number of carbonyl (C=O) groups is 2. The van der Waals surface area contributed by atoms with Crippen molar-refractivity contribution in [1.29, 1.82) is 0 Å². The first-order valence-electron chi connectivity index (χ1n) is 13.8. The molecule has 0 radical (unpaired) electrons. The van der Waals surface area contributed by atoms with Gasteiger partial charge in [-0.15, -0.1) is 0 Å². The van der Waals surface area contributed by atoms with Crippen LogP contribution in [0.25, 0.3) is 11.0 Å². The van der Waals surface area contributed by atoms with Crippen molar-refractivity contribution in [3.05, 3.63) is 41.9 Å². The van der Waals surface area contributed by atoms with Crippen molar-refractivity contribution in [3.63, 3.8) is 0 Å². The maximum atomic E-state index is 13.1. The summed E-state index contributed by atoms with van der Waals surface area (Å²) in [6, 6.07) is 6.53. The van der Waals surface area contributed by atoms with Crippen LogP contribution in [0.15, 0.2) is 30.6 Å². The van der Waals surface area contributed by atoms with Crippen LogP contribution in [0.2, 0.25) is 0 Å². The number of hydrogen-bond donors (Lipinski definition) is 2. The highest BCUT2D eigenvalue weighted by Crippen LogP contribution is 2.37. The molecule has 2 unspecified atom stereocenters. The Hall–Kier alpha value is -3.53. The SMILES string of the molecule is C[C@@H]1CCCC[C@@H]1n1c(C(=O)N(C)C)cc2cnc(Nc3ccc(C(=O)N4CC5CCC(C4)N5)cn3)nc21. The zero-order valence-electron chi connectivity index (χ0n) is 22.4. The van der Waals surface area contributed by atoms with Gasteiger partial charge in [0, 0.05) is 63.1 Å². The second kappa shape index (κ2) is 9.98. The summed E-state index contributed by atoms with van der Waals surface area (Å²) < 4.78 is 2.13. The van der Waals surface area contributed by atoms with Gasteiger partial charge >= 0.3 is 0 Å². The van der Waals surface area contributed by atoms with Gasteiger partial charge in [-0.05, 0) is 49.8 Å². The number of amides is 2. The number of hydrogen-bond acceptors (Lipinski definition) is 7. The summed E-state index contributed by atoms with van der Waals surface area (Å²) in [5.41, 5.74) is 1.99. The molecular weight excluding hydrogens is 480 g/mol. The largest absolute Gasteiger partial charge is 0.343 e. The first-order valence-corrected chi connectivity index (χ1v) is 13.8. The summed E-state index contributed by atoms with van der Waals surface area (Å²) in [5, 5.41) is 7.60. The number of likely N-dealkylation sites (tertiary alicyclic amines) is 1. The molecule has 5 heterocycles. The van der Waals surface area contributed by atoms with E-state index < -0.39 is 0 Å². The lowest BCUT2D eigenvalue weighted by molar-refractivity contribution is 0.0697. The molecule has 6 rings (SSSR count). The van der Waals surface area contributed by atoms with Gasteiger partial charge in [-0.3, -0.25) is 9.59 Å². The molecule has 2 N–H and O–H groups in total. The van der Waals surface area contributed by atoms with E-state index in [0.717, 1.165) is 56.2 Å². The Morgan fingerprint density at radius 3 is 2.47 bits per heavy atom. The number of nitrogens with zero attached hydrogens (tertiary/aromatic N) is 6. The Balaban J connectivity index is 1.25. The highest BCUT2D eigenvalue weighted by Gasteiger charge is 2.34. The molecule has 0 spiro atoms. The minimum absolute atomic E-state index is 0.0256. The molecule has 1 saturated carbocycles. The van der Waals surface area contributed by atoms with Gasteiger partial charge in [0.05, 0.1) is 5.56 Å². The molecule has 200 valence electrons. The summed E-state index contributed by atoms with van der Waals surface area (Å²) in [7, 11) is 3.56. The number of aromatic nitrogens is 4. The number of fused-ring (bicyclic) bond motifs is 3. The first-order chi connectivity index (χ1) is 18.4. The van der Waals surface area contributed by atoms with Gasteiger partial charge in [-0.25, -0.2) is 9.97 Å². The number of piperazine rings is 1. The van der Waals surface area contributed by atoms with E-state index in [0.29, 0.717) is 41.0 Å². The summed E-state index contributed by atoms with van der Waals surface area (Å²) in [5.74, 6) is 1.42. The van der Waals surface area contributed by atoms with Gasteiger partial charge in [-0.1, -0.05) is 19.8 Å². The summed E-state index contributed by atoms with van der Waals surface area (Å²) in [6.45, 7) is 3.76. The van der Waals surface area contributed by atoms with Gasteiger partial charge in [0.1, 0.15) is 17.2 Å². The third-order valence-corrected chi connectivity index (χ3v) is 8.35. The lowest BCUT2D eigenvalue weighted by Gasteiger charge is -2.32. The number of anilines is 2. The third-order valence-electron chi connectivity index (χ3n) is 8.35. The fourth-order valence-electron chi connectivity index (χ4n) is 6.33. The summed E-state index contributed by atoms with van der Waals surface area (Å²) in [4.78, 5) is 43.5. The Bertz CT molecular complexity index is 1340. The van der Waals surface area contributed by atoms with E-state index >= 15 is 0 Å². The van der Waals surface area contributed by atoms with Crippen molar-refractivity contribution in [2.75, 3.05) is 32.5 Å². The van der Waals surface area contributed by atoms with Crippen LogP contribution in [0, 0.1) is 5.92 Å². The first kappa shape index (κ1) is 24.8. The lowest BCUT2D eigenvalue weighted by Crippen LogP contribution is -2.53. The zero-order valence-corrected chi connectivity index (χ0v) is 22.4. The molecule has 2 bridgehead atoms. The second-order valence-corrected chi connectivity index (χ2v) is 11.3. The minimum Gasteiger partial charge on any atom is -0.343 e. The summed E-state index contributed by atoms with van der Waals surface area (Å²) in [6.07, 6.45) is 10.2. The zero-order chi connectivity index (χ0) is 26.4. The van der Waals surface area contributed by atoms with E-state index in [-0.39, 0.29) is 17.9 Å². The number of pyridine rings is 1. The highest BCUT2D eigenvalue weighted by atomic mass is 16.2. The molecule has 38 heavy (non-hydrogen) atoms. The van der Waals surface area contributed by atoms with Crippen LogP contribution in [0.4, 0.5) is 11.8 Å². The Morgan fingerprint density at radius 1 is 1.03 bits per heavy atom. The van der Waals surface area contributed by atoms with Crippen molar-refractivity contribution >= 4 is 34.6 Å². The molecular formula is C28H36N8O2.